The molecule has 0 heterocycles. The maximum Gasteiger partial charge on any atom is 0.275 e. The lowest BCUT2D eigenvalue weighted by Crippen LogP contribution is -2.87. The van der Waals surface area contributed by atoms with Crippen molar-refractivity contribution in [2.45, 2.75) is 19.5 Å². The lowest BCUT2D eigenvalue weighted by Gasteiger charge is -2.12. The van der Waals surface area contributed by atoms with Crippen LogP contribution in [0.3, 0.4) is 0 Å². The topological polar surface area (TPSA) is 45.7 Å². The van der Waals surface area contributed by atoms with Crippen LogP contribution in [0.5, 0.6) is 0 Å². The Morgan fingerprint density at radius 1 is 1.23 bits per heavy atom. The maximum atomic E-state index is 13.4. The van der Waals surface area contributed by atoms with E-state index in [4.69, 9.17) is 11.6 Å². The Morgan fingerprint density at radius 2 is 1.91 bits per heavy atom. The average Bonchev–Trinajstić information content (AvgIpc) is 2.52. The molecule has 0 radical (unpaired) electrons. The van der Waals surface area contributed by atoms with Gasteiger partial charge in [0.15, 0.2) is 6.54 Å². The molecule has 0 saturated carbocycles. The van der Waals surface area contributed by atoms with Crippen LogP contribution in [-0.4, -0.2) is 12.5 Å². The molecule has 0 aliphatic heterocycles. The van der Waals surface area contributed by atoms with Crippen molar-refractivity contribution in [1.29, 1.82) is 0 Å². The summed E-state index contributed by atoms with van der Waals surface area (Å²) < 4.78 is 13.4. The number of carbonyl (C=O) groups is 1. The number of carbonyl (C=O) groups excluding carboxylic acids is 1. The fourth-order valence-corrected chi connectivity index (χ4v) is 2.47. The zero-order chi connectivity index (χ0) is 15.9. The van der Waals surface area contributed by atoms with Crippen LogP contribution in [0.2, 0.25) is 5.02 Å². The first-order valence-electron chi connectivity index (χ1n) is 7.16. The maximum absolute atomic E-state index is 13.4. The highest BCUT2D eigenvalue weighted by molar-refractivity contribution is 6.31. The summed E-state index contributed by atoms with van der Waals surface area (Å²) in [5.41, 5.74) is 1.47. The molecule has 116 valence electrons. The van der Waals surface area contributed by atoms with Gasteiger partial charge in [0, 0.05) is 22.7 Å². The quantitative estimate of drug-likeness (QED) is 0.843. The minimum absolute atomic E-state index is 0.0768. The van der Waals surface area contributed by atoms with Gasteiger partial charge in [0.05, 0.1) is 0 Å². The van der Waals surface area contributed by atoms with Gasteiger partial charge in [0.1, 0.15) is 11.9 Å². The van der Waals surface area contributed by atoms with Gasteiger partial charge in [0.25, 0.3) is 5.91 Å². The van der Waals surface area contributed by atoms with Crippen LogP contribution in [0.4, 0.5) is 4.39 Å². The van der Waals surface area contributed by atoms with Crippen molar-refractivity contribution >= 4 is 17.5 Å². The highest BCUT2D eigenvalue weighted by Gasteiger charge is 2.14. The summed E-state index contributed by atoms with van der Waals surface area (Å²) >= 11 is 6.13. The van der Waals surface area contributed by atoms with E-state index in [0.717, 1.165) is 5.56 Å². The normalized spacial score (nSPS) is 12.0. The van der Waals surface area contributed by atoms with Gasteiger partial charge in [-0.25, -0.2) is 4.39 Å². The molecule has 5 heteroatoms. The first-order valence-corrected chi connectivity index (χ1v) is 7.53. The molecular weight excluding hydrogens is 303 g/mol. The molecule has 3 nitrogen and oxygen atoms in total. The van der Waals surface area contributed by atoms with E-state index in [-0.39, 0.29) is 30.9 Å². The molecule has 0 bridgehead atoms. The third-order valence-corrected chi connectivity index (χ3v) is 3.83. The molecular formula is C17H19ClFN2O+. The predicted octanol–water partition coefficient (Wildman–Crippen LogP) is 2.42. The summed E-state index contributed by atoms with van der Waals surface area (Å²) in [5.74, 6) is -0.446. The summed E-state index contributed by atoms with van der Waals surface area (Å²) in [6.45, 7) is 2.45. The van der Waals surface area contributed by atoms with Crippen molar-refractivity contribution in [3.63, 3.8) is 0 Å². The molecule has 2 aromatic carbocycles. The standard InChI is InChI=1S/C17H18ClFN2O/c1-12(14-7-3-4-8-15(14)18)20-11-17(22)21-10-13-6-2-5-9-16(13)19/h2-9,12,20H,10-11H2,1H3,(H,21,22)/p+1/t12-/m0/s1. The van der Waals surface area contributed by atoms with Crippen LogP contribution >= 0.6 is 11.6 Å². The zero-order valence-electron chi connectivity index (χ0n) is 12.4. The molecule has 1 amide bonds. The summed E-state index contributed by atoms with van der Waals surface area (Å²) in [6, 6.07) is 14.1. The molecule has 2 aromatic rings. The second kappa shape index (κ2) is 7.92. The van der Waals surface area contributed by atoms with Crippen molar-refractivity contribution in [1.82, 2.24) is 5.32 Å². The monoisotopic (exact) mass is 321 g/mol. The third-order valence-electron chi connectivity index (χ3n) is 3.49. The number of rotatable bonds is 6. The number of nitrogens with two attached hydrogens (primary N) is 1. The van der Waals surface area contributed by atoms with E-state index in [1.807, 2.05) is 36.5 Å². The van der Waals surface area contributed by atoms with E-state index >= 15 is 0 Å². The number of hydrogen-bond acceptors (Lipinski definition) is 1. The highest BCUT2D eigenvalue weighted by Crippen LogP contribution is 2.19. The number of amides is 1. The van der Waals surface area contributed by atoms with Gasteiger partial charge in [0.2, 0.25) is 0 Å². The van der Waals surface area contributed by atoms with E-state index < -0.39 is 0 Å². The Balaban J connectivity index is 1.81. The zero-order valence-corrected chi connectivity index (χ0v) is 13.1. The van der Waals surface area contributed by atoms with Gasteiger partial charge in [-0.3, -0.25) is 4.79 Å². The van der Waals surface area contributed by atoms with Crippen LogP contribution in [0, 0.1) is 5.82 Å². The van der Waals surface area contributed by atoms with E-state index in [0.29, 0.717) is 10.6 Å². The molecule has 0 aliphatic rings. The molecule has 2 rings (SSSR count). The van der Waals surface area contributed by atoms with Crippen molar-refractivity contribution in [2.75, 3.05) is 6.54 Å². The van der Waals surface area contributed by atoms with E-state index in [1.165, 1.54) is 6.07 Å². The van der Waals surface area contributed by atoms with Crippen molar-refractivity contribution < 1.29 is 14.5 Å². The Morgan fingerprint density at radius 3 is 2.64 bits per heavy atom. The fourth-order valence-electron chi connectivity index (χ4n) is 2.16. The SMILES string of the molecule is C[C@H]([NH2+]CC(=O)NCc1ccccc1F)c1ccccc1Cl. The molecule has 0 saturated heterocycles. The lowest BCUT2D eigenvalue weighted by molar-refractivity contribution is -0.682. The Bertz CT molecular complexity index is 648. The Labute approximate surface area is 134 Å². The van der Waals surface area contributed by atoms with Crippen LogP contribution in [0.25, 0.3) is 0 Å². The first-order chi connectivity index (χ1) is 10.6. The average molecular weight is 322 g/mol. The van der Waals surface area contributed by atoms with Gasteiger partial charge in [-0.05, 0) is 19.1 Å². The summed E-state index contributed by atoms with van der Waals surface area (Å²) in [4.78, 5) is 11.9. The largest absolute Gasteiger partial charge is 0.347 e. The minimum Gasteiger partial charge on any atom is -0.347 e. The van der Waals surface area contributed by atoms with Crippen LogP contribution in [0.1, 0.15) is 24.1 Å². The Hall–Kier alpha value is -1.91. The van der Waals surface area contributed by atoms with Crippen molar-refractivity contribution in [3.8, 4) is 0 Å². The van der Waals surface area contributed by atoms with Crippen LogP contribution in [-0.2, 0) is 11.3 Å². The van der Waals surface area contributed by atoms with Gasteiger partial charge < -0.3 is 10.6 Å². The van der Waals surface area contributed by atoms with Crippen LogP contribution < -0.4 is 10.6 Å². The molecule has 0 fully saturated rings. The van der Waals surface area contributed by atoms with Gasteiger partial charge in [-0.15, -0.1) is 0 Å². The second-order valence-corrected chi connectivity index (χ2v) is 5.53. The number of benzene rings is 2. The number of hydrogen-bond donors (Lipinski definition) is 2. The van der Waals surface area contributed by atoms with Gasteiger partial charge >= 0.3 is 0 Å². The number of quaternary nitrogens is 1. The predicted molar refractivity (Wildman–Crippen MR) is 84.9 cm³/mol. The molecule has 0 aliphatic carbocycles. The molecule has 22 heavy (non-hydrogen) atoms. The Kier molecular flexibility index (Phi) is 5.92. The summed E-state index contributed by atoms with van der Waals surface area (Å²) in [5, 5.41) is 5.31. The van der Waals surface area contributed by atoms with Gasteiger partial charge in [-0.2, -0.15) is 0 Å². The molecule has 1 atom stereocenters. The fraction of sp³-hybridized carbons (Fsp3) is 0.235. The first kappa shape index (κ1) is 16.5. The molecule has 0 spiro atoms. The van der Waals surface area contributed by atoms with Gasteiger partial charge in [-0.1, -0.05) is 48.0 Å². The minimum atomic E-state index is -0.309. The number of halogens is 2. The molecule has 0 unspecified atom stereocenters. The van der Waals surface area contributed by atoms with E-state index in [2.05, 4.69) is 5.32 Å². The highest BCUT2D eigenvalue weighted by atomic mass is 35.5. The third kappa shape index (κ3) is 4.55. The van der Waals surface area contributed by atoms with Crippen molar-refractivity contribution in [2.24, 2.45) is 0 Å². The van der Waals surface area contributed by atoms with E-state index in [1.54, 1.807) is 18.2 Å². The lowest BCUT2D eigenvalue weighted by atomic mass is 10.1. The van der Waals surface area contributed by atoms with Crippen molar-refractivity contribution in [3.05, 3.63) is 70.5 Å². The second-order valence-electron chi connectivity index (χ2n) is 5.12. The smallest absolute Gasteiger partial charge is 0.275 e. The molecule has 0 aromatic heterocycles. The summed E-state index contributed by atoms with van der Waals surface area (Å²) in [6.07, 6.45) is 0. The van der Waals surface area contributed by atoms with Crippen LogP contribution in [0.15, 0.2) is 48.5 Å². The van der Waals surface area contributed by atoms with E-state index in [9.17, 15) is 9.18 Å². The summed E-state index contributed by atoms with van der Waals surface area (Å²) in [7, 11) is 0. The molecule has 3 N–H and O–H groups in total. The number of nitrogens with one attached hydrogen (secondary N) is 1.